The van der Waals surface area contributed by atoms with Crippen LogP contribution in [-0.4, -0.2) is 98.5 Å². The lowest BCUT2D eigenvalue weighted by atomic mass is 9.91. The Morgan fingerprint density at radius 3 is 2.57 bits per heavy atom. The Morgan fingerprint density at radius 1 is 1.00 bits per heavy atom. The van der Waals surface area contributed by atoms with Crippen LogP contribution in [0.2, 0.25) is 5.02 Å². The van der Waals surface area contributed by atoms with Crippen LogP contribution in [0.5, 0.6) is 0 Å². The minimum absolute atomic E-state index is 0.141. The van der Waals surface area contributed by atoms with Crippen LogP contribution < -0.4 is 20.9 Å². The smallest absolute Gasteiger partial charge is 0.255 e. The largest absolute Gasteiger partial charge is 0.368 e. The number of aromatic amines is 1. The van der Waals surface area contributed by atoms with E-state index >= 15 is 0 Å². The summed E-state index contributed by atoms with van der Waals surface area (Å²) < 4.78 is 0. The van der Waals surface area contributed by atoms with E-state index in [1.807, 2.05) is 30.5 Å². The number of fused-ring (bicyclic) bond motifs is 2. The molecule has 49 heavy (non-hydrogen) atoms. The summed E-state index contributed by atoms with van der Waals surface area (Å²) >= 11 is 7.09. The van der Waals surface area contributed by atoms with Crippen molar-refractivity contribution in [2.24, 2.45) is 5.73 Å². The number of imide groups is 1. The summed E-state index contributed by atoms with van der Waals surface area (Å²) in [5.41, 5.74) is 12.6. The number of hydrogen-bond donors (Lipinski definition) is 3. The highest BCUT2D eigenvalue weighted by atomic mass is 35.5. The van der Waals surface area contributed by atoms with Crippen molar-refractivity contribution in [3.8, 4) is 11.3 Å². The number of piperazine rings is 1. The maximum Gasteiger partial charge on any atom is 0.255 e. The summed E-state index contributed by atoms with van der Waals surface area (Å²) in [5.74, 6) is -0.0231. The summed E-state index contributed by atoms with van der Waals surface area (Å²) in [5, 5.41) is 10.6. The molecule has 3 saturated heterocycles. The molecule has 0 bridgehead atoms. The number of piperidine rings is 2. The summed E-state index contributed by atoms with van der Waals surface area (Å²) in [6.45, 7) is 8.21. The van der Waals surface area contributed by atoms with Gasteiger partial charge in [0, 0.05) is 75.4 Å². The van der Waals surface area contributed by atoms with Gasteiger partial charge in [0.05, 0.1) is 22.6 Å². The molecule has 6 heterocycles. The van der Waals surface area contributed by atoms with Crippen molar-refractivity contribution in [1.29, 1.82) is 0 Å². The summed E-state index contributed by atoms with van der Waals surface area (Å²) in [6, 6.07) is 11.4. The van der Waals surface area contributed by atoms with E-state index < -0.39 is 11.9 Å². The van der Waals surface area contributed by atoms with Crippen molar-refractivity contribution in [1.82, 2.24) is 35.3 Å². The third-order valence-electron chi connectivity index (χ3n) is 10.4. The second-order valence-corrected chi connectivity index (χ2v) is 14.3. The number of nitrogens with zero attached hydrogens (tertiary/aromatic N) is 7. The first kappa shape index (κ1) is 31.7. The van der Waals surface area contributed by atoms with Crippen LogP contribution in [0.1, 0.15) is 54.1 Å². The van der Waals surface area contributed by atoms with E-state index in [1.165, 1.54) is 0 Å². The molecule has 0 aliphatic carbocycles. The molecule has 254 valence electrons. The molecule has 4 aromatic rings. The fourth-order valence-corrected chi connectivity index (χ4v) is 7.80. The van der Waals surface area contributed by atoms with Crippen molar-refractivity contribution >= 4 is 52.0 Å². The molecule has 3 amide bonds. The van der Waals surface area contributed by atoms with Crippen LogP contribution in [0.4, 0.5) is 11.5 Å². The molecular weight excluding hydrogens is 644 g/mol. The Labute approximate surface area is 288 Å². The molecule has 2 aromatic heterocycles. The monoisotopic (exact) mass is 682 g/mol. The van der Waals surface area contributed by atoms with Crippen LogP contribution >= 0.6 is 11.6 Å². The van der Waals surface area contributed by atoms with Gasteiger partial charge in [-0.05, 0) is 49.4 Å². The Hall–Kier alpha value is -4.59. The van der Waals surface area contributed by atoms with Crippen LogP contribution in [0.15, 0.2) is 42.6 Å². The molecule has 3 fully saturated rings. The maximum absolute atomic E-state index is 13.1. The van der Waals surface area contributed by atoms with Crippen LogP contribution in [0.25, 0.3) is 22.4 Å². The topological polar surface area (TPSA) is 157 Å². The second kappa shape index (κ2) is 12.4. The van der Waals surface area contributed by atoms with Gasteiger partial charge in [0.1, 0.15) is 17.4 Å². The van der Waals surface area contributed by atoms with Crippen LogP contribution in [0, 0.1) is 0 Å². The predicted molar refractivity (Wildman–Crippen MR) is 186 cm³/mol. The number of benzene rings is 2. The van der Waals surface area contributed by atoms with E-state index in [0.717, 1.165) is 92.5 Å². The van der Waals surface area contributed by atoms with Gasteiger partial charge in [0.25, 0.3) is 5.91 Å². The number of amides is 3. The van der Waals surface area contributed by atoms with Crippen molar-refractivity contribution in [2.45, 2.75) is 57.3 Å². The number of halogens is 1. The molecule has 0 saturated carbocycles. The fraction of sp³-hybridized carbons (Fsp3) is 0.429. The van der Waals surface area contributed by atoms with Crippen molar-refractivity contribution in [2.75, 3.05) is 49.1 Å². The Kier molecular flexibility index (Phi) is 8.00. The first-order chi connectivity index (χ1) is 23.6. The quantitative estimate of drug-likeness (QED) is 0.258. The van der Waals surface area contributed by atoms with Gasteiger partial charge in [0.2, 0.25) is 17.5 Å². The zero-order valence-corrected chi connectivity index (χ0v) is 28.2. The van der Waals surface area contributed by atoms with Crippen molar-refractivity contribution in [3.05, 3.63) is 64.3 Å². The lowest BCUT2D eigenvalue weighted by Gasteiger charge is -2.37. The minimum Gasteiger partial charge on any atom is -0.368 e. The molecule has 1 unspecified atom stereocenters. The third-order valence-corrected chi connectivity index (χ3v) is 10.8. The van der Waals surface area contributed by atoms with E-state index in [1.54, 1.807) is 4.90 Å². The minimum atomic E-state index is -0.610. The number of anilines is 2. The number of hydrogen-bond acceptors (Lipinski definition) is 10. The van der Waals surface area contributed by atoms with Gasteiger partial charge in [0.15, 0.2) is 0 Å². The summed E-state index contributed by atoms with van der Waals surface area (Å²) in [6.07, 6.45) is 4.21. The van der Waals surface area contributed by atoms with Crippen molar-refractivity contribution in [3.63, 3.8) is 0 Å². The zero-order valence-electron chi connectivity index (χ0n) is 27.4. The first-order valence-corrected chi connectivity index (χ1v) is 17.3. The van der Waals surface area contributed by atoms with Gasteiger partial charge in [-0.3, -0.25) is 29.7 Å². The summed E-state index contributed by atoms with van der Waals surface area (Å²) in [4.78, 5) is 55.2. The van der Waals surface area contributed by atoms with E-state index in [9.17, 15) is 14.4 Å². The number of aromatic nitrogens is 4. The van der Waals surface area contributed by atoms with Gasteiger partial charge in [-0.25, -0.2) is 9.97 Å². The molecule has 0 radical (unpaired) electrons. The standard InChI is InChI=1S/C35H39ClN10O3/c1-35(37)9-11-45(12-10-35)27-18-38-31-30(41-42-32(31)39-27)24-3-2-4-25(29(24)36)44-15-13-43(14-16-44)19-21-5-6-23-22(17-21)20-46(34(23)49)26-7-8-28(47)40-33(26)48/h2-6,17-18,26H,7-16,19-20,37H2,1H3,(H,39,41,42)(H,40,47,48). The van der Waals surface area contributed by atoms with Gasteiger partial charge in [-0.1, -0.05) is 35.9 Å². The highest BCUT2D eigenvalue weighted by Gasteiger charge is 2.39. The Bertz CT molecular complexity index is 1960. The normalized spacial score (nSPS) is 21.4. The third kappa shape index (κ3) is 6.00. The highest BCUT2D eigenvalue weighted by Crippen LogP contribution is 2.38. The average molecular weight is 683 g/mol. The molecule has 2 aromatic carbocycles. The summed E-state index contributed by atoms with van der Waals surface area (Å²) in [7, 11) is 0. The molecule has 4 N–H and O–H groups in total. The first-order valence-electron chi connectivity index (χ1n) is 16.9. The lowest BCUT2D eigenvalue weighted by Crippen LogP contribution is -2.52. The number of H-pyrrole nitrogens is 1. The number of carbonyl (C=O) groups excluding carboxylic acids is 3. The molecular formula is C35H39ClN10O3. The van der Waals surface area contributed by atoms with E-state index in [-0.39, 0.29) is 23.8 Å². The average Bonchev–Trinajstić information content (AvgIpc) is 3.65. The SMILES string of the molecule is CC1(N)CCN(c2cnc3c(-c4cccc(N5CCN(Cc6ccc7c(c6)CN(C6CCC(=O)NC6=O)C7=O)CC5)c4Cl)[nH]nc3n2)CC1. The molecule has 4 aliphatic rings. The maximum atomic E-state index is 13.1. The number of nitrogens with two attached hydrogens (primary N) is 1. The van der Waals surface area contributed by atoms with Gasteiger partial charge >= 0.3 is 0 Å². The van der Waals surface area contributed by atoms with E-state index in [2.05, 4.69) is 49.3 Å². The Balaban J connectivity index is 0.917. The second-order valence-electron chi connectivity index (χ2n) is 13.9. The zero-order chi connectivity index (χ0) is 33.9. The number of nitrogens with one attached hydrogen (secondary N) is 2. The van der Waals surface area contributed by atoms with Gasteiger partial charge in [-0.2, -0.15) is 5.10 Å². The highest BCUT2D eigenvalue weighted by molar-refractivity contribution is 6.36. The Morgan fingerprint density at radius 2 is 1.80 bits per heavy atom. The molecule has 14 heteroatoms. The predicted octanol–water partition coefficient (Wildman–Crippen LogP) is 3.07. The molecule has 8 rings (SSSR count). The van der Waals surface area contributed by atoms with Crippen LogP contribution in [0.3, 0.4) is 0 Å². The van der Waals surface area contributed by atoms with Gasteiger partial charge < -0.3 is 20.4 Å². The van der Waals surface area contributed by atoms with E-state index in [0.29, 0.717) is 34.7 Å². The number of carbonyl (C=O) groups is 3. The molecule has 0 spiro atoms. The lowest BCUT2D eigenvalue weighted by molar-refractivity contribution is -0.136. The fourth-order valence-electron chi connectivity index (χ4n) is 7.46. The van der Waals surface area contributed by atoms with Crippen LogP contribution in [-0.2, 0) is 22.7 Å². The molecule has 4 aliphatic heterocycles. The van der Waals surface area contributed by atoms with E-state index in [4.69, 9.17) is 27.3 Å². The van der Waals surface area contributed by atoms with Crippen molar-refractivity contribution < 1.29 is 14.4 Å². The van der Waals surface area contributed by atoms with Gasteiger partial charge in [-0.15, -0.1) is 0 Å². The molecule has 1 atom stereocenters. The molecule has 13 nitrogen and oxygen atoms in total. The number of rotatable bonds is 6.